The third kappa shape index (κ3) is 5.75. The van der Waals surface area contributed by atoms with Gasteiger partial charge in [0.25, 0.3) is 0 Å². The molecule has 0 saturated carbocycles. The Balaban J connectivity index is 2.75. The molecule has 0 aliphatic carbocycles. The van der Waals surface area contributed by atoms with Gasteiger partial charge in [0.05, 0.1) is 19.1 Å². The molecule has 1 aromatic rings. The number of furan rings is 1. The third-order valence-corrected chi connectivity index (χ3v) is 3.42. The minimum absolute atomic E-state index is 0.204. The van der Waals surface area contributed by atoms with Gasteiger partial charge in [-0.3, -0.25) is 4.79 Å². The van der Waals surface area contributed by atoms with Crippen molar-refractivity contribution in [3.63, 3.8) is 0 Å². The molecular formula is C13H22N2O4S. The van der Waals surface area contributed by atoms with Crippen LogP contribution in [0.5, 0.6) is 0 Å². The van der Waals surface area contributed by atoms with Crippen molar-refractivity contribution in [3.8, 4) is 0 Å². The number of carbonyl (C=O) groups is 1. The summed E-state index contributed by atoms with van der Waals surface area (Å²) in [5.74, 6) is 0.597. The van der Waals surface area contributed by atoms with E-state index in [1.807, 2.05) is 13.8 Å². The maximum atomic E-state index is 12.3. The van der Waals surface area contributed by atoms with E-state index in [-0.39, 0.29) is 11.8 Å². The van der Waals surface area contributed by atoms with Gasteiger partial charge in [0.2, 0.25) is 15.9 Å². The Bertz CT molecular complexity index is 523. The molecule has 0 saturated heterocycles. The molecule has 0 bridgehead atoms. The molecule has 1 N–H and O–H groups in total. The average Bonchev–Trinajstić information content (AvgIpc) is 2.77. The van der Waals surface area contributed by atoms with Gasteiger partial charge in [-0.1, -0.05) is 13.8 Å². The van der Waals surface area contributed by atoms with Crippen molar-refractivity contribution in [1.29, 1.82) is 0 Å². The van der Waals surface area contributed by atoms with Gasteiger partial charge in [-0.2, -0.15) is 0 Å². The number of hydrogen-bond acceptors (Lipinski definition) is 4. The van der Waals surface area contributed by atoms with E-state index in [0.717, 1.165) is 6.26 Å². The van der Waals surface area contributed by atoms with Gasteiger partial charge in [-0.05, 0) is 24.5 Å². The highest BCUT2D eigenvalue weighted by atomic mass is 32.2. The normalized spacial score (nSPS) is 13.4. The van der Waals surface area contributed by atoms with E-state index in [1.54, 1.807) is 19.2 Å². The average molecular weight is 302 g/mol. The summed E-state index contributed by atoms with van der Waals surface area (Å²) in [5, 5.41) is 0. The van der Waals surface area contributed by atoms with Crippen LogP contribution in [-0.4, -0.2) is 38.6 Å². The van der Waals surface area contributed by atoms with Crippen LogP contribution in [0, 0.1) is 5.92 Å². The van der Waals surface area contributed by atoms with Crippen LogP contribution in [0.15, 0.2) is 22.8 Å². The van der Waals surface area contributed by atoms with Crippen LogP contribution in [-0.2, 0) is 21.4 Å². The van der Waals surface area contributed by atoms with E-state index in [1.165, 1.54) is 11.2 Å². The van der Waals surface area contributed by atoms with E-state index in [2.05, 4.69) is 4.72 Å². The minimum Gasteiger partial charge on any atom is -0.467 e. The smallest absolute Gasteiger partial charge is 0.240 e. The number of carbonyl (C=O) groups excluding carboxylic acids is 1. The summed E-state index contributed by atoms with van der Waals surface area (Å²) in [6, 6.07) is 2.77. The van der Waals surface area contributed by atoms with E-state index in [4.69, 9.17) is 4.42 Å². The molecule has 0 unspecified atom stereocenters. The lowest BCUT2D eigenvalue weighted by Gasteiger charge is -2.24. The maximum Gasteiger partial charge on any atom is 0.240 e. The molecule has 0 fully saturated rings. The van der Waals surface area contributed by atoms with Crippen LogP contribution in [0.2, 0.25) is 0 Å². The fourth-order valence-electron chi connectivity index (χ4n) is 1.91. The lowest BCUT2D eigenvalue weighted by Crippen LogP contribution is -2.47. The van der Waals surface area contributed by atoms with Gasteiger partial charge < -0.3 is 9.32 Å². The summed E-state index contributed by atoms with van der Waals surface area (Å²) >= 11 is 0. The van der Waals surface area contributed by atoms with E-state index in [9.17, 15) is 13.2 Å². The van der Waals surface area contributed by atoms with Gasteiger partial charge >= 0.3 is 0 Å². The molecular weight excluding hydrogens is 280 g/mol. The Kier molecular flexibility index (Phi) is 5.76. The van der Waals surface area contributed by atoms with Crippen LogP contribution in [0.1, 0.15) is 26.0 Å². The predicted octanol–water partition coefficient (Wildman–Crippen LogP) is 1.20. The highest BCUT2D eigenvalue weighted by molar-refractivity contribution is 7.88. The Morgan fingerprint density at radius 1 is 1.45 bits per heavy atom. The van der Waals surface area contributed by atoms with Crippen molar-refractivity contribution in [2.75, 3.05) is 13.3 Å². The molecule has 0 spiro atoms. The van der Waals surface area contributed by atoms with Crippen molar-refractivity contribution in [3.05, 3.63) is 24.2 Å². The Morgan fingerprint density at radius 3 is 2.55 bits per heavy atom. The summed E-state index contributed by atoms with van der Waals surface area (Å²) in [5.41, 5.74) is 0. The van der Waals surface area contributed by atoms with E-state index < -0.39 is 16.1 Å². The fraction of sp³-hybridized carbons (Fsp3) is 0.615. The minimum atomic E-state index is -3.43. The summed E-state index contributed by atoms with van der Waals surface area (Å²) in [6.07, 6.45) is 3.04. The molecule has 1 aromatic heterocycles. The second-order valence-corrected chi connectivity index (χ2v) is 7.13. The Morgan fingerprint density at radius 2 is 2.10 bits per heavy atom. The van der Waals surface area contributed by atoms with Gasteiger partial charge in [0, 0.05) is 7.05 Å². The van der Waals surface area contributed by atoms with Crippen molar-refractivity contribution in [2.45, 2.75) is 32.9 Å². The molecule has 0 radical (unpaired) electrons. The molecule has 1 heterocycles. The fourth-order valence-corrected chi connectivity index (χ4v) is 2.62. The van der Waals surface area contributed by atoms with Crippen LogP contribution in [0.3, 0.4) is 0 Å². The number of amides is 1. The molecule has 1 atom stereocenters. The summed E-state index contributed by atoms with van der Waals surface area (Å²) in [6.45, 7) is 4.19. The molecule has 6 nitrogen and oxygen atoms in total. The van der Waals surface area contributed by atoms with Crippen LogP contribution in [0.4, 0.5) is 0 Å². The Hall–Kier alpha value is -1.34. The summed E-state index contributed by atoms with van der Waals surface area (Å²) in [4.78, 5) is 13.8. The number of nitrogens with zero attached hydrogens (tertiary/aromatic N) is 1. The first-order chi connectivity index (χ1) is 9.19. The zero-order valence-electron chi connectivity index (χ0n) is 12.3. The van der Waals surface area contributed by atoms with Gasteiger partial charge in [-0.25, -0.2) is 13.1 Å². The number of sulfonamides is 1. The highest BCUT2D eigenvalue weighted by Gasteiger charge is 2.26. The van der Waals surface area contributed by atoms with E-state index in [0.29, 0.717) is 18.7 Å². The predicted molar refractivity (Wildman–Crippen MR) is 76.4 cm³/mol. The number of hydrogen-bond donors (Lipinski definition) is 1. The molecule has 0 aromatic carbocycles. The zero-order valence-corrected chi connectivity index (χ0v) is 13.1. The van der Waals surface area contributed by atoms with Crippen molar-refractivity contribution in [1.82, 2.24) is 9.62 Å². The Labute approximate surface area is 120 Å². The monoisotopic (exact) mass is 302 g/mol. The number of likely N-dealkylation sites (N-methyl/N-ethyl adjacent to an activating group) is 1. The van der Waals surface area contributed by atoms with Crippen molar-refractivity contribution >= 4 is 15.9 Å². The standard InChI is InChI=1S/C13H22N2O4S/c1-10(2)8-12(14-20(4,17)18)13(16)15(3)9-11-6-5-7-19-11/h5-7,10,12,14H,8-9H2,1-4H3/t12-/m0/s1. The number of nitrogens with one attached hydrogen (secondary N) is 1. The van der Waals surface area contributed by atoms with E-state index >= 15 is 0 Å². The molecule has 1 rings (SSSR count). The first kappa shape index (κ1) is 16.7. The molecule has 0 aliphatic heterocycles. The molecule has 1 amide bonds. The van der Waals surface area contributed by atoms with Crippen molar-refractivity contribution in [2.24, 2.45) is 5.92 Å². The van der Waals surface area contributed by atoms with Crippen molar-refractivity contribution < 1.29 is 17.6 Å². The van der Waals surface area contributed by atoms with Crippen LogP contribution in [0.25, 0.3) is 0 Å². The lowest BCUT2D eigenvalue weighted by atomic mass is 10.0. The van der Waals surface area contributed by atoms with Gasteiger partial charge in [0.15, 0.2) is 0 Å². The first-order valence-corrected chi connectivity index (χ1v) is 8.33. The van der Waals surface area contributed by atoms with Crippen LogP contribution >= 0.6 is 0 Å². The third-order valence-electron chi connectivity index (χ3n) is 2.71. The maximum absolute atomic E-state index is 12.3. The first-order valence-electron chi connectivity index (χ1n) is 6.43. The largest absolute Gasteiger partial charge is 0.467 e. The molecule has 7 heteroatoms. The van der Waals surface area contributed by atoms with Crippen LogP contribution < -0.4 is 4.72 Å². The molecule has 114 valence electrons. The number of rotatable bonds is 7. The summed E-state index contributed by atoms with van der Waals surface area (Å²) in [7, 11) is -1.80. The van der Waals surface area contributed by atoms with Gasteiger partial charge in [0.1, 0.15) is 11.8 Å². The second kappa shape index (κ2) is 6.90. The quantitative estimate of drug-likeness (QED) is 0.821. The second-order valence-electron chi connectivity index (χ2n) is 5.35. The zero-order chi connectivity index (χ0) is 15.3. The highest BCUT2D eigenvalue weighted by Crippen LogP contribution is 2.11. The SMILES string of the molecule is CC(C)C[C@H](NS(C)(=O)=O)C(=O)N(C)Cc1ccco1. The molecule has 20 heavy (non-hydrogen) atoms. The molecule has 0 aliphatic rings. The lowest BCUT2D eigenvalue weighted by molar-refractivity contribution is -0.132. The van der Waals surface area contributed by atoms with Gasteiger partial charge in [-0.15, -0.1) is 0 Å². The summed E-state index contributed by atoms with van der Waals surface area (Å²) < 4.78 is 30.3. The topological polar surface area (TPSA) is 79.6 Å².